The van der Waals surface area contributed by atoms with Crippen LogP contribution in [-0.2, 0) is 0 Å². The van der Waals surface area contributed by atoms with Crippen LogP contribution in [0.3, 0.4) is 0 Å². The second kappa shape index (κ2) is 11.6. The molecule has 0 aromatic heterocycles. The molecule has 4 rings (SSSR count). The molecule has 0 saturated carbocycles. The highest BCUT2D eigenvalue weighted by Crippen LogP contribution is 2.46. The molecule has 0 saturated heterocycles. The van der Waals surface area contributed by atoms with Gasteiger partial charge < -0.3 is 0 Å². The van der Waals surface area contributed by atoms with E-state index in [4.69, 9.17) is 0 Å². The Hall–Kier alpha value is -2.64. The van der Waals surface area contributed by atoms with E-state index in [2.05, 4.69) is 127 Å². The van der Waals surface area contributed by atoms with Crippen molar-refractivity contribution in [2.45, 2.75) is 79.2 Å². The molecule has 0 fully saturated rings. The molecule has 1 heteroatoms. The van der Waals surface area contributed by atoms with Crippen LogP contribution in [0, 0.1) is 5.92 Å². The zero-order chi connectivity index (χ0) is 25.8. The van der Waals surface area contributed by atoms with Gasteiger partial charge in [0, 0.05) is 5.92 Å². The van der Waals surface area contributed by atoms with Gasteiger partial charge >= 0.3 is 0 Å². The minimum Gasteiger partial charge on any atom is -0.0648 e. The summed E-state index contributed by atoms with van der Waals surface area (Å²) in [6.07, 6.45) is 2.36. The Bertz CT molecular complexity index is 1160. The summed E-state index contributed by atoms with van der Waals surface area (Å²) >= 11 is 0. The molecule has 0 N–H and O–H groups in total. The van der Waals surface area contributed by atoms with Crippen molar-refractivity contribution >= 4 is 24.7 Å². The number of allylic oxidation sites excluding steroid dienone is 4. The third-order valence-corrected chi connectivity index (χ3v) is 12.3. The lowest BCUT2D eigenvalue weighted by molar-refractivity contribution is 0.710. The molecule has 3 atom stereocenters. The molecule has 3 aromatic rings. The van der Waals surface area contributed by atoms with E-state index in [9.17, 15) is 0 Å². The maximum Gasteiger partial charge on any atom is 0.104 e. The SMILES string of the molecule is CCC(C)c1cc(C2=C(C)C(C)=C(C)C2C[SiH](c2ccccc2)c2ccccc2)cc(C(C)CC)c1. The summed E-state index contributed by atoms with van der Waals surface area (Å²) in [5, 5.41) is 3.10. The van der Waals surface area contributed by atoms with Gasteiger partial charge in [0.2, 0.25) is 0 Å². The maximum absolute atomic E-state index is 2.53. The van der Waals surface area contributed by atoms with Crippen LogP contribution in [-0.4, -0.2) is 8.80 Å². The standard InChI is InChI=1S/C35H44Si/c1-8-24(3)29-20-30(25(4)9-2)22-31(21-29)35-28(7)26(5)27(6)34(35)23-36(32-16-12-10-13-17-32)33-18-14-11-15-19-33/h10-22,24-25,34,36H,8-9,23H2,1-7H3. The number of hydrogen-bond acceptors (Lipinski definition) is 0. The molecule has 188 valence electrons. The average molecular weight is 493 g/mol. The van der Waals surface area contributed by atoms with Crippen LogP contribution in [0.15, 0.2) is 95.6 Å². The normalized spacial score (nSPS) is 17.7. The minimum atomic E-state index is -1.40. The fourth-order valence-corrected chi connectivity index (χ4v) is 9.26. The predicted molar refractivity (Wildman–Crippen MR) is 162 cm³/mol. The molecular formula is C35H44Si. The maximum atomic E-state index is 2.53. The van der Waals surface area contributed by atoms with Gasteiger partial charge in [-0.2, -0.15) is 0 Å². The predicted octanol–water partition coefficient (Wildman–Crippen LogP) is 8.49. The van der Waals surface area contributed by atoms with Crippen molar-refractivity contribution in [2.24, 2.45) is 5.92 Å². The molecule has 0 bridgehead atoms. The van der Waals surface area contributed by atoms with Gasteiger partial charge in [0.05, 0.1) is 0 Å². The van der Waals surface area contributed by atoms with Crippen LogP contribution >= 0.6 is 0 Å². The topological polar surface area (TPSA) is 0 Å². The lowest BCUT2D eigenvalue weighted by atomic mass is 9.84. The van der Waals surface area contributed by atoms with Gasteiger partial charge in [-0.1, -0.05) is 123 Å². The zero-order valence-electron chi connectivity index (χ0n) is 23.4. The lowest BCUT2D eigenvalue weighted by Gasteiger charge is -2.26. The smallest absolute Gasteiger partial charge is 0.0648 e. The van der Waals surface area contributed by atoms with Gasteiger partial charge in [0.25, 0.3) is 0 Å². The summed E-state index contributed by atoms with van der Waals surface area (Å²) in [4.78, 5) is 0. The van der Waals surface area contributed by atoms with Gasteiger partial charge in [-0.3, -0.25) is 0 Å². The quantitative estimate of drug-likeness (QED) is 0.263. The Morgan fingerprint density at radius 3 is 1.58 bits per heavy atom. The average Bonchev–Trinajstić information content (AvgIpc) is 3.14. The summed E-state index contributed by atoms with van der Waals surface area (Å²) in [6.45, 7) is 16.5. The molecule has 0 spiro atoms. The molecule has 0 aliphatic heterocycles. The van der Waals surface area contributed by atoms with Gasteiger partial charge in [-0.15, -0.1) is 0 Å². The third kappa shape index (κ3) is 5.37. The van der Waals surface area contributed by atoms with Gasteiger partial charge in [-0.25, -0.2) is 0 Å². The first-order valence-electron chi connectivity index (χ1n) is 14.0. The van der Waals surface area contributed by atoms with E-state index in [-0.39, 0.29) is 0 Å². The second-order valence-electron chi connectivity index (χ2n) is 11.0. The van der Waals surface area contributed by atoms with Crippen molar-refractivity contribution in [3.8, 4) is 0 Å². The molecule has 3 aromatic carbocycles. The fraction of sp³-hybridized carbons (Fsp3) is 0.371. The van der Waals surface area contributed by atoms with E-state index < -0.39 is 8.80 Å². The molecule has 1 aliphatic rings. The van der Waals surface area contributed by atoms with E-state index in [0.29, 0.717) is 17.8 Å². The van der Waals surface area contributed by atoms with Gasteiger partial charge in [0.1, 0.15) is 8.80 Å². The highest BCUT2D eigenvalue weighted by molar-refractivity contribution is 6.85. The number of benzene rings is 3. The van der Waals surface area contributed by atoms with Crippen LogP contribution in [0.4, 0.5) is 0 Å². The molecule has 0 heterocycles. The summed E-state index contributed by atoms with van der Waals surface area (Å²) in [7, 11) is -1.40. The summed E-state index contributed by atoms with van der Waals surface area (Å²) in [5.41, 5.74) is 10.6. The Morgan fingerprint density at radius 1 is 0.667 bits per heavy atom. The second-order valence-corrected chi connectivity index (χ2v) is 13.9. The van der Waals surface area contributed by atoms with Crippen molar-refractivity contribution in [3.63, 3.8) is 0 Å². The largest absolute Gasteiger partial charge is 0.104 e. The molecule has 1 aliphatic carbocycles. The van der Waals surface area contributed by atoms with E-state index in [1.165, 1.54) is 46.7 Å². The van der Waals surface area contributed by atoms with Crippen LogP contribution in [0.1, 0.15) is 89.8 Å². The first-order valence-corrected chi connectivity index (χ1v) is 16.0. The molecular weight excluding hydrogens is 448 g/mol. The Balaban J connectivity index is 1.82. The van der Waals surface area contributed by atoms with Crippen molar-refractivity contribution in [3.05, 3.63) is 112 Å². The lowest BCUT2D eigenvalue weighted by Crippen LogP contribution is -2.43. The highest BCUT2D eigenvalue weighted by Gasteiger charge is 2.32. The third-order valence-electron chi connectivity index (χ3n) is 8.96. The van der Waals surface area contributed by atoms with Gasteiger partial charge in [0.15, 0.2) is 0 Å². The molecule has 0 radical (unpaired) electrons. The van der Waals surface area contributed by atoms with Crippen molar-refractivity contribution in [1.29, 1.82) is 0 Å². The van der Waals surface area contributed by atoms with Crippen molar-refractivity contribution in [2.75, 3.05) is 0 Å². The van der Waals surface area contributed by atoms with Crippen molar-refractivity contribution in [1.82, 2.24) is 0 Å². The summed E-state index contributed by atoms with van der Waals surface area (Å²) < 4.78 is 0. The summed E-state index contributed by atoms with van der Waals surface area (Å²) in [6, 6.07) is 31.4. The Morgan fingerprint density at radius 2 is 1.14 bits per heavy atom. The number of hydrogen-bond donors (Lipinski definition) is 0. The molecule has 3 unspecified atom stereocenters. The van der Waals surface area contributed by atoms with E-state index in [0.717, 1.165) is 0 Å². The first kappa shape index (κ1) is 26.4. The van der Waals surface area contributed by atoms with Crippen molar-refractivity contribution < 1.29 is 0 Å². The van der Waals surface area contributed by atoms with Gasteiger partial charge in [-0.05, 0) is 84.9 Å². The Labute approximate surface area is 221 Å². The zero-order valence-corrected chi connectivity index (χ0v) is 24.6. The molecule has 0 nitrogen and oxygen atoms in total. The van der Waals surface area contributed by atoms with E-state index in [1.807, 2.05) is 0 Å². The fourth-order valence-electron chi connectivity index (χ4n) is 5.89. The minimum absolute atomic E-state index is 0.485. The van der Waals surface area contributed by atoms with Crippen LogP contribution in [0.5, 0.6) is 0 Å². The van der Waals surface area contributed by atoms with E-state index >= 15 is 0 Å². The highest BCUT2D eigenvalue weighted by atomic mass is 28.3. The molecule has 0 amide bonds. The summed E-state index contributed by atoms with van der Waals surface area (Å²) in [5.74, 6) is 1.65. The monoisotopic (exact) mass is 492 g/mol. The number of rotatable bonds is 9. The van der Waals surface area contributed by atoms with E-state index in [1.54, 1.807) is 21.5 Å². The Kier molecular flexibility index (Phi) is 8.52. The van der Waals surface area contributed by atoms with Crippen LogP contribution in [0.25, 0.3) is 5.57 Å². The van der Waals surface area contributed by atoms with Crippen LogP contribution < -0.4 is 10.4 Å². The molecule has 36 heavy (non-hydrogen) atoms. The first-order chi connectivity index (χ1) is 17.3. The van der Waals surface area contributed by atoms with Crippen LogP contribution in [0.2, 0.25) is 6.04 Å².